The first kappa shape index (κ1) is 17.7. The van der Waals surface area contributed by atoms with Crippen LogP contribution in [0.4, 0.5) is 0 Å². The largest absolute Gasteiger partial charge is 0.329 e. The van der Waals surface area contributed by atoms with Crippen molar-refractivity contribution in [2.75, 3.05) is 13.1 Å². The van der Waals surface area contributed by atoms with Crippen molar-refractivity contribution in [1.82, 2.24) is 19.0 Å². The fourth-order valence-corrected chi connectivity index (χ4v) is 3.86. The van der Waals surface area contributed by atoms with Crippen molar-refractivity contribution in [2.45, 2.75) is 31.8 Å². The zero-order chi connectivity index (χ0) is 18.6. The summed E-state index contributed by atoms with van der Waals surface area (Å²) in [6.07, 6.45) is 8.02. The van der Waals surface area contributed by atoms with Crippen LogP contribution in [0.1, 0.15) is 35.7 Å². The highest BCUT2D eigenvalue weighted by atomic mass is 16.1. The quantitative estimate of drug-likeness (QED) is 0.701. The van der Waals surface area contributed by atoms with E-state index in [0.29, 0.717) is 5.92 Å². The van der Waals surface area contributed by atoms with Crippen molar-refractivity contribution in [3.8, 4) is 0 Å². The van der Waals surface area contributed by atoms with Crippen molar-refractivity contribution >= 4 is 0 Å². The highest BCUT2D eigenvalue weighted by Crippen LogP contribution is 2.27. The maximum atomic E-state index is 11.9. The molecule has 5 heteroatoms. The van der Waals surface area contributed by atoms with Gasteiger partial charge in [-0.3, -0.25) is 9.69 Å². The maximum Gasteiger partial charge on any atom is 0.250 e. The molecule has 1 aliphatic heterocycles. The summed E-state index contributed by atoms with van der Waals surface area (Å²) >= 11 is 0. The zero-order valence-electron chi connectivity index (χ0n) is 15.8. The summed E-state index contributed by atoms with van der Waals surface area (Å²) in [4.78, 5) is 18.9. The van der Waals surface area contributed by atoms with Crippen LogP contribution in [-0.2, 0) is 20.1 Å². The fourth-order valence-electron chi connectivity index (χ4n) is 3.86. The predicted octanol–water partition coefficient (Wildman–Crippen LogP) is 3.01. The van der Waals surface area contributed by atoms with Crippen molar-refractivity contribution < 1.29 is 0 Å². The van der Waals surface area contributed by atoms with Crippen LogP contribution in [0, 0.1) is 0 Å². The molecule has 1 aromatic carbocycles. The van der Waals surface area contributed by atoms with Gasteiger partial charge in [0, 0.05) is 38.2 Å². The van der Waals surface area contributed by atoms with E-state index in [1.165, 1.54) is 11.1 Å². The van der Waals surface area contributed by atoms with Gasteiger partial charge < -0.3 is 9.13 Å². The van der Waals surface area contributed by atoms with Crippen molar-refractivity contribution in [3.63, 3.8) is 0 Å². The lowest BCUT2D eigenvalue weighted by Crippen LogP contribution is -2.33. The third-order valence-electron chi connectivity index (χ3n) is 5.55. The van der Waals surface area contributed by atoms with Crippen molar-refractivity contribution in [2.24, 2.45) is 7.05 Å². The van der Waals surface area contributed by atoms with Gasteiger partial charge in [-0.2, -0.15) is 0 Å². The zero-order valence-corrected chi connectivity index (χ0v) is 15.8. The summed E-state index contributed by atoms with van der Waals surface area (Å²) in [6.45, 7) is 3.82. The molecule has 4 rings (SSSR count). The molecule has 1 aliphatic rings. The Morgan fingerprint density at radius 3 is 2.56 bits per heavy atom. The Bertz CT molecular complexity index is 936. The molecule has 0 atom stereocenters. The first-order valence-corrected chi connectivity index (χ1v) is 9.62. The molecular formula is C22H26N4O. The molecule has 0 spiro atoms. The lowest BCUT2D eigenvalue weighted by Gasteiger charge is -2.32. The molecule has 0 unspecified atom stereocenters. The van der Waals surface area contributed by atoms with Crippen molar-refractivity contribution in [3.05, 3.63) is 88.4 Å². The maximum absolute atomic E-state index is 11.9. The monoisotopic (exact) mass is 362 g/mol. The molecule has 2 aromatic heterocycles. The van der Waals surface area contributed by atoms with Gasteiger partial charge >= 0.3 is 0 Å². The van der Waals surface area contributed by atoms with Crippen LogP contribution in [0.25, 0.3) is 0 Å². The van der Waals surface area contributed by atoms with Gasteiger partial charge in [-0.15, -0.1) is 0 Å². The molecular weight excluding hydrogens is 336 g/mol. The number of benzene rings is 1. The van der Waals surface area contributed by atoms with E-state index in [-0.39, 0.29) is 5.56 Å². The minimum absolute atomic E-state index is 0.0814. The third kappa shape index (κ3) is 4.19. The number of rotatable bonds is 5. The van der Waals surface area contributed by atoms with Gasteiger partial charge in [-0.1, -0.05) is 30.3 Å². The smallest absolute Gasteiger partial charge is 0.250 e. The lowest BCUT2D eigenvalue weighted by molar-refractivity contribution is 0.198. The Morgan fingerprint density at radius 2 is 1.81 bits per heavy atom. The molecule has 0 bridgehead atoms. The van der Waals surface area contributed by atoms with Gasteiger partial charge in [-0.05, 0) is 49.0 Å². The van der Waals surface area contributed by atoms with Crippen LogP contribution in [-0.4, -0.2) is 32.1 Å². The molecule has 5 nitrogen and oxygen atoms in total. The molecule has 0 aliphatic carbocycles. The Kier molecular flexibility index (Phi) is 5.21. The summed E-state index contributed by atoms with van der Waals surface area (Å²) in [6, 6.07) is 14.4. The number of hydrogen-bond acceptors (Lipinski definition) is 3. The van der Waals surface area contributed by atoms with E-state index in [1.807, 2.05) is 18.5 Å². The van der Waals surface area contributed by atoms with Gasteiger partial charge in [0.25, 0.3) is 5.56 Å². The molecule has 3 heterocycles. The molecule has 3 aromatic rings. The Morgan fingerprint density at radius 1 is 1.04 bits per heavy atom. The topological polar surface area (TPSA) is 43.1 Å². The Labute approximate surface area is 159 Å². The average Bonchev–Trinajstić information content (AvgIpc) is 3.12. The standard InChI is InChI=1S/C22H26N4O/c1-24-11-7-20(15-22(24)27)19-8-12-25(13-9-19)17-21-23-10-14-26(21)16-18-5-3-2-4-6-18/h2-7,10-11,14-15,19H,8-9,12-13,16-17H2,1H3. The number of imidazole rings is 1. The summed E-state index contributed by atoms with van der Waals surface area (Å²) in [7, 11) is 1.80. The number of piperidine rings is 1. The van der Waals surface area contributed by atoms with Gasteiger partial charge in [0.05, 0.1) is 6.54 Å². The summed E-state index contributed by atoms with van der Waals surface area (Å²) in [5, 5.41) is 0. The Balaban J connectivity index is 1.36. The van der Waals surface area contributed by atoms with Crippen LogP contribution in [0.3, 0.4) is 0 Å². The predicted molar refractivity (Wildman–Crippen MR) is 107 cm³/mol. The summed E-state index contributed by atoms with van der Waals surface area (Å²) < 4.78 is 3.87. The number of hydrogen-bond donors (Lipinski definition) is 0. The Hall–Kier alpha value is -2.66. The van der Waals surface area contributed by atoms with E-state index in [2.05, 4.69) is 51.0 Å². The highest BCUT2D eigenvalue weighted by molar-refractivity contribution is 5.18. The van der Waals surface area contributed by atoms with Gasteiger partial charge in [0.2, 0.25) is 0 Å². The van der Waals surface area contributed by atoms with Gasteiger partial charge in [0.15, 0.2) is 0 Å². The summed E-state index contributed by atoms with van der Waals surface area (Å²) in [5.41, 5.74) is 2.56. The minimum Gasteiger partial charge on any atom is -0.329 e. The summed E-state index contributed by atoms with van der Waals surface area (Å²) in [5.74, 6) is 1.60. The van der Waals surface area contributed by atoms with Crippen LogP contribution >= 0.6 is 0 Å². The van der Waals surface area contributed by atoms with Gasteiger partial charge in [-0.25, -0.2) is 4.98 Å². The second-order valence-electron chi connectivity index (χ2n) is 7.42. The van der Waals surface area contributed by atoms with Crippen LogP contribution < -0.4 is 5.56 Å². The van der Waals surface area contributed by atoms with E-state index in [4.69, 9.17) is 0 Å². The third-order valence-corrected chi connectivity index (χ3v) is 5.55. The molecule has 0 radical (unpaired) electrons. The number of aromatic nitrogens is 3. The highest BCUT2D eigenvalue weighted by Gasteiger charge is 2.22. The minimum atomic E-state index is 0.0814. The molecule has 0 amide bonds. The molecule has 1 fully saturated rings. The number of aryl methyl sites for hydroxylation is 1. The van der Waals surface area contributed by atoms with E-state index in [0.717, 1.165) is 44.8 Å². The first-order chi connectivity index (χ1) is 13.2. The molecule has 1 saturated heterocycles. The van der Waals surface area contributed by atoms with Crippen LogP contribution in [0.5, 0.6) is 0 Å². The van der Waals surface area contributed by atoms with E-state index in [1.54, 1.807) is 17.7 Å². The SMILES string of the molecule is Cn1ccc(C2CCN(Cc3nccn3Cc3ccccc3)CC2)cc1=O. The first-order valence-electron chi connectivity index (χ1n) is 9.62. The van der Waals surface area contributed by atoms with Crippen molar-refractivity contribution in [1.29, 1.82) is 0 Å². The molecule has 140 valence electrons. The molecule has 27 heavy (non-hydrogen) atoms. The van der Waals surface area contributed by atoms with E-state index in [9.17, 15) is 4.79 Å². The molecule has 0 N–H and O–H groups in total. The normalized spacial score (nSPS) is 15.9. The second-order valence-corrected chi connectivity index (χ2v) is 7.42. The number of likely N-dealkylation sites (tertiary alicyclic amines) is 1. The second kappa shape index (κ2) is 7.92. The number of pyridine rings is 1. The van der Waals surface area contributed by atoms with Gasteiger partial charge in [0.1, 0.15) is 5.82 Å². The van der Waals surface area contributed by atoms with Crippen LogP contribution in [0.2, 0.25) is 0 Å². The number of nitrogens with zero attached hydrogens (tertiary/aromatic N) is 4. The average molecular weight is 362 g/mol. The molecule has 0 saturated carbocycles. The fraction of sp³-hybridized carbons (Fsp3) is 0.364. The van der Waals surface area contributed by atoms with E-state index < -0.39 is 0 Å². The van der Waals surface area contributed by atoms with E-state index >= 15 is 0 Å². The van der Waals surface area contributed by atoms with Crippen LogP contribution in [0.15, 0.2) is 65.8 Å². The lowest BCUT2D eigenvalue weighted by atomic mass is 9.90.